The Hall–Kier alpha value is -2.76. The molecule has 2 aromatic rings. The van der Waals surface area contributed by atoms with Gasteiger partial charge in [0.25, 0.3) is 5.91 Å². The van der Waals surface area contributed by atoms with Crippen molar-refractivity contribution in [3.8, 4) is 5.75 Å². The van der Waals surface area contributed by atoms with E-state index in [-0.39, 0.29) is 23.5 Å². The average molecular weight is 356 g/mol. The number of carbonyl (C=O) groups is 2. The molecule has 0 unspecified atom stereocenters. The average Bonchev–Trinajstić information content (AvgIpc) is 3.20. The Balaban J connectivity index is 1.54. The van der Waals surface area contributed by atoms with Crippen LogP contribution in [0, 0.1) is 5.92 Å². The fraction of sp³-hybridized carbons (Fsp3) is 0.400. The molecule has 3 rings (SSSR count). The van der Waals surface area contributed by atoms with Gasteiger partial charge in [0.2, 0.25) is 5.91 Å². The lowest BCUT2D eigenvalue weighted by Crippen LogP contribution is -2.43. The highest BCUT2D eigenvalue weighted by Crippen LogP contribution is 2.24. The van der Waals surface area contributed by atoms with Crippen molar-refractivity contribution in [2.45, 2.75) is 32.7 Å². The summed E-state index contributed by atoms with van der Waals surface area (Å²) in [4.78, 5) is 26.7. The number of aromatic hydroxyl groups is 1. The van der Waals surface area contributed by atoms with Gasteiger partial charge in [0.1, 0.15) is 11.5 Å². The minimum absolute atomic E-state index is 0.00511. The number of rotatable bonds is 5. The van der Waals surface area contributed by atoms with Crippen LogP contribution < -0.4 is 5.32 Å². The quantitative estimate of drug-likeness (QED) is 0.863. The number of likely N-dealkylation sites (tertiary alicyclic amines) is 1. The molecule has 0 bridgehead atoms. The maximum atomic E-state index is 12.7. The molecule has 0 atom stereocenters. The van der Waals surface area contributed by atoms with Gasteiger partial charge in [0, 0.05) is 19.0 Å². The summed E-state index contributed by atoms with van der Waals surface area (Å²) < 4.78 is 5.21. The first-order valence-corrected chi connectivity index (χ1v) is 8.99. The Morgan fingerprint density at radius 1 is 1.27 bits per heavy atom. The van der Waals surface area contributed by atoms with E-state index < -0.39 is 0 Å². The molecule has 0 saturated carbocycles. The number of carbonyl (C=O) groups excluding carboxylic acids is 2. The van der Waals surface area contributed by atoms with E-state index in [1.807, 2.05) is 19.1 Å². The summed E-state index contributed by atoms with van der Waals surface area (Å²) in [6.07, 6.45) is 3.61. The van der Waals surface area contributed by atoms with E-state index >= 15 is 0 Å². The Morgan fingerprint density at radius 3 is 2.69 bits per heavy atom. The molecule has 0 aliphatic carbocycles. The predicted octanol–water partition coefficient (Wildman–Crippen LogP) is 2.72. The molecular weight excluding hydrogens is 332 g/mol. The van der Waals surface area contributed by atoms with Crippen LogP contribution in [0.1, 0.15) is 41.4 Å². The van der Waals surface area contributed by atoms with Crippen molar-refractivity contribution in [3.05, 3.63) is 53.5 Å². The maximum absolute atomic E-state index is 12.7. The van der Waals surface area contributed by atoms with Crippen LogP contribution in [-0.4, -0.2) is 34.9 Å². The number of furan rings is 1. The Morgan fingerprint density at radius 2 is 2.04 bits per heavy atom. The van der Waals surface area contributed by atoms with Gasteiger partial charge in [0.05, 0.1) is 18.4 Å². The molecule has 1 saturated heterocycles. The van der Waals surface area contributed by atoms with E-state index in [0.29, 0.717) is 38.0 Å². The highest BCUT2D eigenvalue weighted by atomic mass is 16.3. The molecule has 2 N–H and O–H groups in total. The number of hydrogen-bond acceptors (Lipinski definition) is 4. The number of piperidine rings is 1. The van der Waals surface area contributed by atoms with Crippen molar-refractivity contribution in [3.63, 3.8) is 0 Å². The predicted molar refractivity (Wildman–Crippen MR) is 96.7 cm³/mol. The topological polar surface area (TPSA) is 82.8 Å². The summed E-state index contributed by atoms with van der Waals surface area (Å²) in [6, 6.07) is 8.75. The van der Waals surface area contributed by atoms with Gasteiger partial charge in [-0.2, -0.15) is 0 Å². The van der Waals surface area contributed by atoms with Crippen LogP contribution >= 0.6 is 0 Å². The molecule has 6 nitrogen and oxygen atoms in total. The zero-order valence-electron chi connectivity index (χ0n) is 14.9. The summed E-state index contributed by atoms with van der Waals surface area (Å²) in [7, 11) is 0. The standard InChI is InChI=1S/C20H24N2O4/c1-2-14-5-6-18(23)17(12-14)20(25)22-9-7-15(8-10-22)19(24)21-13-16-4-3-11-26-16/h3-6,11-12,15,23H,2,7-10,13H2,1H3,(H,21,24). The smallest absolute Gasteiger partial charge is 0.257 e. The molecule has 1 aliphatic heterocycles. The molecule has 6 heteroatoms. The van der Waals surface area contributed by atoms with E-state index in [1.165, 1.54) is 0 Å². The van der Waals surface area contributed by atoms with Crippen LogP contribution in [-0.2, 0) is 17.8 Å². The number of phenols is 1. The van der Waals surface area contributed by atoms with Crippen molar-refractivity contribution in [1.82, 2.24) is 10.2 Å². The lowest BCUT2D eigenvalue weighted by Gasteiger charge is -2.31. The lowest BCUT2D eigenvalue weighted by molar-refractivity contribution is -0.126. The van der Waals surface area contributed by atoms with Crippen LogP contribution in [0.3, 0.4) is 0 Å². The Labute approximate surface area is 152 Å². The highest BCUT2D eigenvalue weighted by Gasteiger charge is 2.28. The van der Waals surface area contributed by atoms with Gasteiger partial charge in [-0.15, -0.1) is 0 Å². The van der Waals surface area contributed by atoms with Gasteiger partial charge in [0.15, 0.2) is 0 Å². The normalized spacial score (nSPS) is 15.0. The fourth-order valence-electron chi connectivity index (χ4n) is 3.22. The minimum atomic E-state index is -0.174. The third-order valence-corrected chi connectivity index (χ3v) is 4.87. The van der Waals surface area contributed by atoms with Crippen LogP contribution in [0.5, 0.6) is 5.75 Å². The van der Waals surface area contributed by atoms with E-state index in [4.69, 9.17) is 4.42 Å². The van der Waals surface area contributed by atoms with Crippen LogP contribution in [0.25, 0.3) is 0 Å². The van der Waals surface area contributed by atoms with Gasteiger partial charge >= 0.3 is 0 Å². The molecule has 0 spiro atoms. The molecule has 1 fully saturated rings. The minimum Gasteiger partial charge on any atom is -0.507 e. The molecule has 2 heterocycles. The van der Waals surface area contributed by atoms with E-state index in [9.17, 15) is 14.7 Å². The van der Waals surface area contributed by atoms with Gasteiger partial charge in [-0.3, -0.25) is 9.59 Å². The largest absolute Gasteiger partial charge is 0.507 e. The number of amides is 2. The summed E-state index contributed by atoms with van der Waals surface area (Å²) >= 11 is 0. The van der Waals surface area contributed by atoms with Gasteiger partial charge < -0.3 is 19.7 Å². The van der Waals surface area contributed by atoms with Crippen molar-refractivity contribution in [2.24, 2.45) is 5.92 Å². The number of nitrogens with one attached hydrogen (secondary N) is 1. The number of nitrogens with zero attached hydrogens (tertiary/aromatic N) is 1. The second-order valence-electron chi connectivity index (χ2n) is 6.57. The number of hydrogen-bond donors (Lipinski definition) is 2. The van der Waals surface area contributed by atoms with E-state index in [1.54, 1.807) is 29.4 Å². The third kappa shape index (κ3) is 4.07. The molecule has 1 aromatic heterocycles. The molecule has 26 heavy (non-hydrogen) atoms. The first kappa shape index (κ1) is 18.0. The number of benzene rings is 1. The first-order chi connectivity index (χ1) is 12.6. The second kappa shape index (κ2) is 8.08. The Kier molecular flexibility index (Phi) is 5.61. The Bertz CT molecular complexity index is 762. The van der Waals surface area contributed by atoms with Gasteiger partial charge in [-0.1, -0.05) is 13.0 Å². The first-order valence-electron chi connectivity index (χ1n) is 8.99. The number of phenolic OH excluding ortho intramolecular Hbond substituents is 1. The van der Waals surface area contributed by atoms with Crippen molar-refractivity contribution in [1.29, 1.82) is 0 Å². The van der Waals surface area contributed by atoms with Crippen molar-refractivity contribution >= 4 is 11.8 Å². The highest BCUT2D eigenvalue weighted by molar-refractivity contribution is 5.97. The molecule has 1 aromatic carbocycles. The molecule has 2 amide bonds. The summed E-state index contributed by atoms with van der Waals surface area (Å²) in [5.74, 6) is 0.434. The monoisotopic (exact) mass is 356 g/mol. The van der Waals surface area contributed by atoms with Gasteiger partial charge in [-0.25, -0.2) is 0 Å². The van der Waals surface area contributed by atoms with Crippen LogP contribution in [0.15, 0.2) is 41.0 Å². The van der Waals surface area contributed by atoms with Crippen LogP contribution in [0.4, 0.5) is 0 Å². The van der Waals surface area contributed by atoms with Gasteiger partial charge in [-0.05, 0) is 49.1 Å². The zero-order chi connectivity index (χ0) is 18.5. The SMILES string of the molecule is CCc1ccc(O)c(C(=O)N2CCC(C(=O)NCc3ccco3)CC2)c1. The summed E-state index contributed by atoms with van der Waals surface area (Å²) in [6.45, 7) is 3.40. The molecule has 0 radical (unpaired) electrons. The fourth-order valence-corrected chi connectivity index (χ4v) is 3.22. The zero-order valence-corrected chi connectivity index (χ0v) is 14.9. The molecular formula is C20H24N2O4. The van der Waals surface area contributed by atoms with E-state index in [0.717, 1.165) is 17.7 Å². The molecule has 138 valence electrons. The summed E-state index contributed by atoms with van der Waals surface area (Å²) in [5, 5.41) is 12.9. The van der Waals surface area contributed by atoms with E-state index in [2.05, 4.69) is 5.32 Å². The molecule has 1 aliphatic rings. The summed E-state index contributed by atoms with van der Waals surface area (Å²) in [5.41, 5.74) is 1.35. The van der Waals surface area contributed by atoms with Crippen molar-refractivity contribution < 1.29 is 19.1 Å². The van der Waals surface area contributed by atoms with Crippen molar-refractivity contribution in [2.75, 3.05) is 13.1 Å². The lowest BCUT2D eigenvalue weighted by atomic mass is 9.95. The third-order valence-electron chi connectivity index (χ3n) is 4.87. The van der Waals surface area contributed by atoms with Crippen LogP contribution in [0.2, 0.25) is 0 Å². The maximum Gasteiger partial charge on any atom is 0.257 e. The number of aryl methyl sites for hydroxylation is 1. The second-order valence-corrected chi connectivity index (χ2v) is 6.57.